The molecule has 3 N–H and O–H groups in total. The maximum absolute atomic E-state index is 11.9. The van der Waals surface area contributed by atoms with Crippen LogP contribution in [-0.4, -0.2) is 44.2 Å². The number of rotatable bonds is 5. The first-order valence-corrected chi connectivity index (χ1v) is 8.78. The minimum absolute atomic E-state index is 0.00110. The fourth-order valence-electron chi connectivity index (χ4n) is 2.99. The minimum Gasteiger partial charge on any atom is -0.351 e. The summed E-state index contributed by atoms with van der Waals surface area (Å²) in [6.45, 7) is 4.75. The summed E-state index contributed by atoms with van der Waals surface area (Å²) in [5.41, 5.74) is 7.87. The van der Waals surface area contributed by atoms with E-state index >= 15 is 0 Å². The van der Waals surface area contributed by atoms with Gasteiger partial charge in [0.15, 0.2) is 0 Å². The van der Waals surface area contributed by atoms with E-state index in [-0.39, 0.29) is 6.03 Å². The average molecular weight is 351 g/mol. The van der Waals surface area contributed by atoms with Crippen LogP contribution in [-0.2, 0) is 0 Å². The van der Waals surface area contributed by atoms with Gasteiger partial charge in [0.25, 0.3) is 0 Å². The maximum atomic E-state index is 11.9. The summed E-state index contributed by atoms with van der Waals surface area (Å²) in [6, 6.07) is 7.82. The van der Waals surface area contributed by atoms with E-state index in [1.807, 2.05) is 36.2 Å². The lowest BCUT2D eigenvalue weighted by Gasteiger charge is -2.33. The second-order valence-corrected chi connectivity index (χ2v) is 6.68. The number of hydrogen-bond donors (Lipinski definition) is 2. The van der Waals surface area contributed by atoms with Crippen LogP contribution in [0.1, 0.15) is 19.8 Å². The summed E-state index contributed by atoms with van der Waals surface area (Å²) in [6.07, 6.45) is 4.16. The quantitative estimate of drug-likeness (QED) is 0.858. The summed E-state index contributed by atoms with van der Waals surface area (Å²) < 4.78 is 0. The fraction of sp³-hybridized carbons (Fsp3) is 0.500. The zero-order valence-corrected chi connectivity index (χ0v) is 15.2. The van der Waals surface area contributed by atoms with Crippen molar-refractivity contribution in [1.29, 1.82) is 0 Å². The Bertz CT molecular complexity index is 565. The third-order valence-electron chi connectivity index (χ3n) is 4.48. The first kappa shape index (κ1) is 18.6. The SMILES string of the molecule is C/C(=C\N(C)c1ccc(Cl)cc1)C1CCN(C(=O)NCCN)CC1. The van der Waals surface area contributed by atoms with Gasteiger partial charge in [0.1, 0.15) is 0 Å². The molecule has 0 saturated carbocycles. The lowest BCUT2D eigenvalue weighted by atomic mass is 9.90. The highest BCUT2D eigenvalue weighted by atomic mass is 35.5. The van der Waals surface area contributed by atoms with Gasteiger partial charge in [-0.2, -0.15) is 0 Å². The number of carbonyl (C=O) groups excluding carboxylic acids is 1. The zero-order valence-electron chi connectivity index (χ0n) is 14.5. The fourth-order valence-corrected chi connectivity index (χ4v) is 3.12. The van der Waals surface area contributed by atoms with Crippen LogP contribution in [0.15, 0.2) is 36.0 Å². The van der Waals surface area contributed by atoms with Crippen molar-refractivity contribution in [2.45, 2.75) is 19.8 Å². The highest BCUT2D eigenvalue weighted by Crippen LogP contribution is 2.26. The van der Waals surface area contributed by atoms with E-state index in [1.165, 1.54) is 5.57 Å². The highest BCUT2D eigenvalue weighted by Gasteiger charge is 2.23. The van der Waals surface area contributed by atoms with Gasteiger partial charge in [0, 0.05) is 50.1 Å². The summed E-state index contributed by atoms with van der Waals surface area (Å²) in [5.74, 6) is 0.512. The number of carbonyl (C=O) groups is 1. The molecule has 0 aliphatic carbocycles. The van der Waals surface area contributed by atoms with Crippen molar-refractivity contribution in [3.05, 3.63) is 41.1 Å². The number of hydrogen-bond acceptors (Lipinski definition) is 3. The number of anilines is 1. The molecule has 132 valence electrons. The van der Waals surface area contributed by atoms with Crippen LogP contribution in [0.5, 0.6) is 0 Å². The highest BCUT2D eigenvalue weighted by molar-refractivity contribution is 6.30. The van der Waals surface area contributed by atoms with Crippen molar-refractivity contribution >= 4 is 23.3 Å². The molecule has 0 spiro atoms. The molecule has 1 saturated heterocycles. The van der Waals surface area contributed by atoms with Crippen molar-refractivity contribution in [2.24, 2.45) is 11.7 Å². The second-order valence-electron chi connectivity index (χ2n) is 6.24. The monoisotopic (exact) mass is 350 g/mol. The number of nitrogens with zero attached hydrogens (tertiary/aromatic N) is 2. The van der Waals surface area contributed by atoms with Gasteiger partial charge in [-0.3, -0.25) is 0 Å². The van der Waals surface area contributed by atoms with E-state index in [1.54, 1.807) is 0 Å². The summed E-state index contributed by atoms with van der Waals surface area (Å²) >= 11 is 5.94. The van der Waals surface area contributed by atoms with Crippen LogP contribution in [0.3, 0.4) is 0 Å². The normalized spacial score (nSPS) is 16.2. The van der Waals surface area contributed by atoms with Crippen LogP contribution in [0, 0.1) is 5.92 Å². The molecular weight excluding hydrogens is 324 g/mol. The Hall–Kier alpha value is -1.72. The molecule has 1 aromatic carbocycles. The van der Waals surface area contributed by atoms with Crippen molar-refractivity contribution in [2.75, 3.05) is 38.1 Å². The van der Waals surface area contributed by atoms with Gasteiger partial charge in [-0.15, -0.1) is 0 Å². The number of amides is 2. The van der Waals surface area contributed by atoms with E-state index in [2.05, 4.69) is 23.3 Å². The van der Waals surface area contributed by atoms with E-state index in [0.29, 0.717) is 19.0 Å². The Morgan fingerprint density at radius 1 is 1.38 bits per heavy atom. The molecule has 1 heterocycles. The molecule has 1 aliphatic heterocycles. The molecule has 0 unspecified atom stereocenters. The second kappa shape index (κ2) is 8.94. The molecule has 5 nitrogen and oxygen atoms in total. The molecule has 0 atom stereocenters. The van der Waals surface area contributed by atoms with Gasteiger partial charge < -0.3 is 20.9 Å². The number of piperidine rings is 1. The molecule has 6 heteroatoms. The zero-order chi connectivity index (χ0) is 17.5. The Kier molecular flexibility index (Phi) is 6.94. The van der Waals surface area contributed by atoms with Gasteiger partial charge in [-0.25, -0.2) is 4.79 Å². The van der Waals surface area contributed by atoms with Gasteiger partial charge >= 0.3 is 6.03 Å². The Morgan fingerprint density at radius 3 is 2.58 bits per heavy atom. The van der Waals surface area contributed by atoms with Crippen LogP contribution in [0.25, 0.3) is 0 Å². The topological polar surface area (TPSA) is 61.6 Å². The standard InChI is InChI=1S/C18H27ClN4O/c1-14(13-22(2)17-5-3-16(19)4-6-17)15-7-11-23(12-8-15)18(24)21-10-9-20/h3-6,13,15H,7-12,20H2,1-2H3,(H,21,24)/b14-13+. The minimum atomic E-state index is -0.00110. The third kappa shape index (κ3) is 5.14. The van der Waals surface area contributed by atoms with Crippen molar-refractivity contribution in [1.82, 2.24) is 10.2 Å². The molecule has 2 rings (SSSR count). The number of nitrogens with one attached hydrogen (secondary N) is 1. The van der Waals surface area contributed by atoms with E-state index in [0.717, 1.165) is 36.6 Å². The first-order valence-electron chi connectivity index (χ1n) is 8.41. The van der Waals surface area contributed by atoms with E-state index < -0.39 is 0 Å². The molecule has 0 aromatic heterocycles. The Morgan fingerprint density at radius 2 is 2.00 bits per heavy atom. The number of benzene rings is 1. The van der Waals surface area contributed by atoms with E-state index in [4.69, 9.17) is 17.3 Å². The van der Waals surface area contributed by atoms with Crippen molar-refractivity contribution < 1.29 is 4.79 Å². The smallest absolute Gasteiger partial charge is 0.317 e. The molecule has 0 radical (unpaired) electrons. The number of halogens is 1. The summed E-state index contributed by atoms with van der Waals surface area (Å²) in [5, 5.41) is 3.58. The van der Waals surface area contributed by atoms with Crippen LogP contribution >= 0.6 is 11.6 Å². The number of allylic oxidation sites excluding steroid dienone is 1. The predicted octanol–water partition coefficient (Wildman–Crippen LogP) is 3.06. The van der Waals surface area contributed by atoms with Crippen molar-refractivity contribution in [3.63, 3.8) is 0 Å². The molecule has 1 aromatic rings. The van der Waals surface area contributed by atoms with Gasteiger partial charge in [-0.05, 0) is 49.9 Å². The Labute approximate surface area is 149 Å². The summed E-state index contributed by atoms with van der Waals surface area (Å²) in [7, 11) is 2.04. The third-order valence-corrected chi connectivity index (χ3v) is 4.73. The molecule has 1 fully saturated rings. The number of nitrogens with two attached hydrogens (primary N) is 1. The molecule has 24 heavy (non-hydrogen) atoms. The van der Waals surface area contributed by atoms with Gasteiger partial charge in [0.05, 0.1) is 0 Å². The lowest BCUT2D eigenvalue weighted by Crippen LogP contribution is -2.45. The molecular formula is C18H27ClN4O. The van der Waals surface area contributed by atoms with Crippen LogP contribution in [0.4, 0.5) is 10.5 Å². The van der Waals surface area contributed by atoms with Crippen LogP contribution < -0.4 is 16.0 Å². The predicted molar refractivity (Wildman–Crippen MR) is 100 cm³/mol. The van der Waals surface area contributed by atoms with Gasteiger partial charge in [0.2, 0.25) is 0 Å². The molecule has 0 bridgehead atoms. The first-order chi connectivity index (χ1) is 11.5. The van der Waals surface area contributed by atoms with Crippen molar-refractivity contribution in [3.8, 4) is 0 Å². The number of urea groups is 1. The Balaban J connectivity index is 1.88. The van der Waals surface area contributed by atoms with Gasteiger partial charge in [-0.1, -0.05) is 17.2 Å². The summed E-state index contributed by atoms with van der Waals surface area (Å²) in [4.78, 5) is 15.9. The average Bonchev–Trinajstić information content (AvgIpc) is 2.60. The largest absolute Gasteiger partial charge is 0.351 e. The molecule has 2 amide bonds. The lowest BCUT2D eigenvalue weighted by molar-refractivity contribution is 0.176. The van der Waals surface area contributed by atoms with E-state index in [9.17, 15) is 4.79 Å². The number of likely N-dealkylation sites (tertiary alicyclic amines) is 1. The maximum Gasteiger partial charge on any atom is 0.317 e. The van der Waals surface area contributed by atoms with Crippen LogP contribution in [0.2, 0.25) is 5.02 Å². The molecule has 1 aliphatic rings.